The van der Waals surface area contributed by atoms with Crippen molar-refractivity contribution < 1.29 is 22.4 Å². The van der Waals surface area contributed by atoms with E-state index in [1.54, 1.807) is 5.32 Å². The number of halogens is 5. The summed E-state index contributed by atoms with van der Waals surface area (Å²) in [5, 5.41) is 3.85. The van der Waals surface area contributed by atoms with Gasteiger partial charge >= 0.3 is 6.18 Å². The van der Waals surface area contributed by atoms with Gasteiger partial charge in [-0.05, 0) is 12.1 Å². The number of carbonyl (C=O) groups is 1. The number of alkyl halides is 3. The summed E-state index contributed by atoms with van der Waals surface area (Å²) < 4.78 is 48.7. The molecule has 0 atom stereocenters. The summed E-state index contributed by atoms with van der Waals surface area (Å²) in [6.45, 7) is -1.90. The molecular weight excluding hydrogens is 276 g/mol. The predicted octanol–water partition coefficient (Wildman–Crippen LogP) is 2.57. The maximum atomic E-state index is 13.3. The van der Waals surface area contributed by atoms with Gasteiger partial charge in [-0.25, -0.2) is 4.39 Å². The largest absolute Gasteiger partial charge is 0.405 e. The third-order valence-electron chi connectivity index (χ3n) is 1.88. The van der Waals surface area contributed by atoms with E-state index in [2.05, 4.69) is 5.32 Å². The SMILES string of the molecule is O=C(CNc1cccc(Cl)c1F)NCC(F)(F)F. The van der Waals surface area contributed by atoms with E-state index in [4.69, 9.17) is 11.6 Å². The average molecular weight is 285 g/mol. The highest BCUT2D eigenvalue weighted by Crippen LogP contribution is 2.21. The van der Waals surface area contributed by atoms with Gasteiger partial charge in [0.15, 0.2) is 5.82 Å². The quantitative estimate of drug-likeness (QED) is 0.835. The van der Waals surface area contributed by atoms with E-state index >= 15 is 0 Å². The fraction of sp³-hybridized carbons (Fsp3) is 0.300. The first-order valence-electron chi connectivity index (χ1n) is 4.81. The number of hydrogen-bond acceptors (Lipinski definition) is 2. The number of benzene rings is 1. The molecule has 1 rings (SSSR count). The number of rotatable bonds is 4. The Balaban J connectivity index is 2.46. The summed E-state index contributed by atoms with van der Waals surface area (Å²) in [6.07, 6.45) is -4.48. The van der Waals surface area contributed by atoms with Gasteiger partial charge in [0.2, 0.25) is 5.91 Å². The highest BCUT2D eigenvalue weighted by molar-refractivity contribution is 6.31. The predicted molar refractivity (Wildman–Crippen MR) is 59.0 cm³/mol. The molecular formula is C10H9ClF4N2O. The zero-order valence-corrected chi connectivity index (χ0v) is 9.70. The van der Waals surface area contributed by atoms with Crippen molar-refractivity contribution in [2.24, 2.45) is 0 Å². The van der Waals surface area contributed by atoms with Crippen molar-refractivity contribution in [3.8, 4) is 0 Å². The van der Waals surface area contributed by atoms with E-state index in [1.165, 1.54) is 18.2 Å². The molecule has 100 valence electrons. The van der Waals surface area contributed by atoms with Crippen molar-refractivity contribution in [2.45, 2.75) is 6.18 Å². The molecule has 18 heavy (non-hydrogen) atoms. The Labute approximate surface area is 105 Å². The summed E-state index contributed by atoms with van der Waals surface area (Å²) in [5.74, 6) is -1.66. The molecule has 0 saturated carbocycles. The van der Waals surface area contributed by atoms with Gasteiger partial charge in [0, 0.05) is 0 Å². The standard InChI is InChI=1S/C10H9ClF4N2O/c11-6-2-1-3-7(9(6)12)16-4-8(18)17-5-10(13,14)15/h1-3,16H,4-5H2,(H,17,18). The maximum absolute atomic E-state index is 13.3. The van der Waals surface area contributed by atoms with Gasteiger partial charge in [0.1, 0.15) is 6.54 Å². The van der Waals surface area contributed by atoms with Crippen LogP contribution in [0.2, 0.25) is 5.02 Å². The van der Waals surface area contributed by atoms with Crippen LogP contribution in [-0.4, -0.2) is 25.2 Å². The smallest absolute Gasteiger partial charge is 0.374 e. The Morgan fingerprint density at radius 2 is 2.00 bits per heavy atom. The fourth-order valence-corrected chi connectivity index (χ4v) is 1.25. The minimum Gasteiger partial charge on any atom is -0.374 e. The number of hydrogen-bond donors (Lipinski definition) is 2. The molecule has 1 amide bonds. The van der Waals surface area contributed by atoms with Crippen molar-refractivity contribution in [2.75, 3.05) is 18.4 Å². The second-order valence-electron chi connectivity index (χ2n) is 3.35. The van der Waals surface area contributed by atoms with Gasteiger partial charge in [-0.3, -0.25) is 4.79 Å². The highest BCUT2D eigenvalue weighted by Gasteiger charge is 2.27. The van der Waals surface area contributed by atoms with E-state index in [9.17, 15) is 22.4 Å². The lowest BCUT2D eigenvalue weighted by molar-refractivity contribution is -0.137. The molecule has 0 spiro atoms. The number of carbonyl (C=O) groups excluding carboxylic acids is 1. The molecule has 1 aromatic carbocycles. The lowest BCUT2D eigenvalue weighted by Crippen LogP contribution is -2.37. The molecule has 0 aliphatic carbocycles. The van der Waals surface area contributed by atoms with Crippen molar-refractivity contribution in [3.63, 3.8) is 0 Å². The van der Waals surface area contributed by atoms with Crippen LogP contribution in [0.3, 0.4) is 0 Å². The number of nitrogens with one attached hydrogen (secondary N) is 2. The zero-order chi connectivity index (χ0) is 13.8. The van der Waals surface area contributed by atoms with Gasteiger partial charge in [-0.15, -0.1) is 0 Å². The summed E-state index contributed by atoms with van der Waals surface area (Å²) in [6, 6.07) is 4.07. The van der Waals surface area contributed by atoms with Crippen LogP contribution in [0.5, 0.6) is 0 Å². The van der Waals surface area contributed by atoms with Crippen molar-refractivity contribution >= 4 is 23.2 Å². The van der Waals surface area contributed by atoms with Crippen LogP contribution >= 0.6 is 11.6 Å². The summed E-state index contributed by atoms with van der Waals surface area (Å²) in [7, 11) is 0. The van der Waals surface area contributed by atoms with Crippen LogP contribution in [0.4, 0.5) is 23.2 Å². The Kier molecular flexibility index (Phi) is 4.77. The second-order valence-corrected chi connectivity index (χ2v) is 3.75. The molecule has 0 heterocycles. The van der Waals surface area contributed by atoms with Crippen LogP contribution in [0.1, 0.15) is 0 Å². The third kappa shape index (κ3) is 4.79. The average Bonchev–Trinajstić information content (AvgIpc) is 2.27. The molecule has 0 aliphatic rings. The molecule has 1 aromatic rings. The molecule has 0 bridgehead atoms. The topological polar surface area (TPSA) is 41.1 Å². The normalized spacial score (nSPS) is 11.2. The number of anilines is 1. The molecule has 0 aromatic heterocycles. The Morgan fingerprint density at radius 3 is 2.61 bits per heavy atom. The van der Waals surface area contributed by atoms with E-state index in [-0.39, 0.29) is 10.7 Å². The lowest BCUT2D eigenvalue weighted by atomic mass is 10.3. The number of amides is 1. The molecule has 3 nitrogen and oxygen atoms in total. The first-order valence-corrected chi connectivity index (χ1v) is 5.19. The van der Waals surface area contributed by atoms with Crippen molar-refractivity contribution in [3.05, 3.63) is 29.0 Å². The highest BCUT2D eigenvalue weighted by atomic mass is 35.5. The Hall–Kier alpha value is -1.50. The minimum atomic E-state index is -4.48. The van der Waals surface area contributed by atoms with Crippen LogP contribution in [0.15, 0.2) is 18.2 Å². The molecule has 0 unspecified atom stereocenters. The summed E-state index contributed by atoms with van der Waals surface area (Å²) in [4.78, 5) is 11.0. The van der Waals surface area contributed by atoms with Crippen molar-refractivity contribution in [1.29, 1.82) is 0 Å². The third-order valence-corrected chi connectivity index (χ3v) is 2.17. The molecule has 0 radical (unpaired) electrons. The minimum absolute atomic E-state index is 0.0512. The maximum Gasteiger partial charge on any atom is 0.405 e. The van der Waals surface area contributed by atoms with E-state index in [0.717, 1.165) is 0 Å². The lowest BCUT2D eigenvalue weighted by Gasteiger charge is -2.10. The molecule has 8 heteroatoms. The molecule has 0 saturated heterocycles. The Bertz CT molecular complexity index is 436. The van der Waals surface area contributed by atoms with Gasteiger partial charge < -0.3 is 10.6 Å². The fourth-order valence-electron chi connectivity index (χ4n) is 1.08. The Morgan fingerprint density at radius 1 is 1.33 bits per heavy atom. The zero-order valence-electron chi connectivity index (χ0n) is 8.94. The first-order chi connectivity index (χ1) is 8.29. The van der Waals surface area contributed by atoms with Crippen LogP contribution in [-0.2, 0) is 4.79 Å². The van der Waals surface area contributed by atoms with Crippen molar-refractivity contribution in [1.82, 2.24) is 5.32 Å². The molecule has 0 fully saturated rings. The van der Waals surface area contributed by atoms with Crippen LogP contribution < -0.4 is 10.6 Å². The van der Waals surface area contributed by atoms with Crippen LogP contribution in [0, 0.1) is 5.82 Å². The van der Waals surface area contributed by atoms with E-state index in [1.807, 2.05) is 0 Å². The van der Waals surface area contributed by atoms with E-state index < -0.39 is 31.0 Å². The first kappa shape index (κ1) is 14.6. The van der Waals surface area contributed by atoms with Gasteiger partial charge in [-0.1, -0.05) is 17.7 Å². The van der Waals surface area contributed by atoms with Gasteiger partial charge in [-0.2, -0.15) is 13.2 Å². The molecule has 0 aliphatic heterocycles. The monoisotopic (exact) mass is 284 g/mol. The van der Waals surface area contributed by atoms with Crippen LogP contribution in [0.25, 0.3) is 0 Å². The second kappa shape index (κ2) is 5.90. The van der Waals surface area contributed by atoms with E-state index in [0.29, 0.717) is 0 Å². The summed E-state index contributed by atoms with van der Waals surface area (Å²) in [5.41, 5.74) is -0.0512. The van der Waals surface area contributed by atoms with Gasteiger partial charge in [0.25, 0.3) is 0 Å². The molecule has 2 N–H and O–H groups in total. The summed E-state index contributed by atoms with van der Waals surface area (Å²) >= 11 is 5.49. The van der Waals surface area contributed by atoms with Gasteiger partial charge in [0.05, 0.1) is 17.3 Å².